The van der Waals surface area contributed by atoms with Crippen LogP contribution in [0, 0.1) is 18.8 Å². The Labute approximate surface area is 564 Å². The van der Waals surface area contributed by atoms with E-state index in [0.717, 1.165) is 69.2 Å². The second kappa shape index (κ2) is 29.8. The number of rotatable bonds is 12. The van der Waals surface area contributed by atoms with Crippen LogP contribution in [0.4, 0.5) is 8.78 Å². The minimum atomic E-state index is -0.316. The largest absolute Gasteiger partial charge is 0.359 e. The van der Waals surface area contributed by atoms with Gasteiger partial charge in [0.25, 0.3) is 0 Å². The van der Waals surface area contributed by atoms with Crippen LogP contribution in [0.25, 0.3) is 67.6 Å². The van der Waals surface area contributed by atoms with Gasteiger partial charge in [-0.05, 0) is 167 Å². The highest BCUT2D eigenvalue weighted by Crippen LogP contribution is 2.32. The highest BCUT2D eigenvalue weighted by Gasteiger charge is 2.22. The number of nitrogens with zero attached hydrogens (tertiary/aromatic N) is 10. The lowest BCUT2D eigenvalue weighted by atomic mass is 10.1. The molecule has 8 aromatic heterocycles. The average Bonchev–Trinajstić information content (AvgIpc) is 1.69. The highest BCUT2D eigenvalue weighted by atomic mass is 127. The molecule has 460 valence electrons. The molecule has 0 atom stereocenters. The van der Waals surface area contributed by atoms with E-state index in [4.69, 9.17) is 51.4 Å². The Hall–Kier alpha value is -8.00. The van der Waals surface area contributed by atoms with Gasteiger partial charge >= 0.3 is 0 Å². The second-order valence-corrected chi connectivity index (χ2v) is 24.8. The summed E-state index contributed by atoms with van der Waals surface area (Å²) in [6.07, 6.45) is 7.90. The lowest BCUT2D eigenvalue weighted by molar-refractivity contribution is -0.128. The molecular weight excluding hydrogens is 1460 g/mol. The van der Waals surface area contributed by atoms with Gasteiger partial charge in [-0.3, -0.25) is 19.2 Å². The monoisotopic (exact) mass is 1510 g/mol. The molecule has 4 amide bonds. The van der Waals surface area contributed by atoms with E-state index in [0.29, 0.717) is 48.5 Å². The Bertz CT molecular complexity index is 4300. The number of amides is 4. The fourth-order valence-corrected chi connectivity index (χ4v) is 10.7. The smallest absolute Gasteiger partial charge is 0.228 e. The summed E-state index contributed by atoms with van der Waals surface area (Å²) < 4.78 is 36.0. The summed E-state index contributed by atoms with van der Waals surface area (Å²) in [7, 11) is 10.1. The number of pyridine rings is 4. The Morgan fingerprint density at radius 2 is 0.622 bits per heavy atom. The first-order valence-electron chi connectivity index (χ1n) is 27.6. The van der Waals surface area contributed by atoms with Crippen LogP contribution in [0.15, 0.2) is 170 Å². The highest BCUT2D eigenvalue weighted by molar-refractivity contribution is 14.1. The van der Waals surface area contributed by atoms with Crippen LogP contribution in [-0.2, 0) is 44.9 Å². The molecule has 0 saturated carbocycles. The molecule has 8 heterocycles. The third-order valence-corrected chi connectivity index (χ3v) is 16.4. The Morgan fingerprint density at radius 1 is 0.389 bits per heavy atom. The van der Waals surface area contributed by atoms with Crippen molar-refractivity contribution >= 4 is 138 Å². The number of hydrogen-bond donors (Lipinski definition) is 2. The van der Waals surface area contributed by atoms with Gasteiger partial charge in [0.2, 0.25) is 23.6 Å². The van der Waals surface area contributed by atoms with Crippen molar-refractivity contribution in [2.75, 3.05) is 42.3 Å². The Kier molecular flexibility index (Phi) is 22.0. The molecule has 2 N–H and O–H groups in total. The van der Waals surface area contributed by atoms with Crippen LogP contribution in [0.5, 0.6) is 0 Å². The fourth-order valence-electron chi connectivity index (χ4n) is 9.38. The van der Waals surface area contributed by atoms with Crippen molar-refractivity contribution in [2.45, 2.75) is 25.7 Å². The van der Waals surface area contributed by atoms with E-state index in [2.05, 4.69) is 70.8 Å². The number of nitrogens with one attached hydrogen (secondary N) is 2. The third-order valence-electron chi connectivity index (χ3n) is 14.0. The number of imidazole rings is 4. The van der Waals surface area contributed by atoms with Gasteiger partial charge in [0.05, 0.1) is 91.3 Å². The lowest BCUT2D eigenvalue weighted by Crippen LogP contribution is -2.24. The van der Waals surface area contributed by atoms with E-state index in [-0.39, 0.29) is 60.9 Å². The number of likely N-dealkylation sites (N-methyl/N-ethyl adjacent to an activating group) is 4. The normalized spacial score (nSPS) is 10.9. The fraction of sp³-hybridized carbons (Fsp3) is 0.152. The molecule has 16 nitrogen and oxygen atoms in total. The molecule has 0 aliphatic heterocycles. The van der Waals surface area contributed by atoms with E-state index in [1.165, 1.54) is 29.2 Å². The molecule has 0 bridgehead atoms. The number of aromatic nitrogens is 8. The van der Waals surface area contributed by atoms with E-state index in [1.54, 1.807) is 137 Å². The maximum atomic E-state index is 13.2. The van der Waals surface area contributed by atoms with Gasteiger partial charge in [0.1, 0.15) is 34.2 Å². The summed E-state index contributed by atoms with van der Waals surface area (Å²) in [5, 5.41) is 7.58. The molecule has 0 saturated heterocycles. The van der Waals surface area contributed by atoms with Crippen LogP contribution < -0.4 is 10.6 Å². The molecule has 0 aliphatic rings. The SMILES string of the molecule is CN(C)C(=O)Cc1c(-c2ccc(F)cc2)nc2ccc(Cl)cn12.CN(C)C(=O)Cc1c(-c2ccc(I)cc2)nc2ccc(Cl)cn12.CNC(=O)Cc1c(-c2ccc(F)cc2)nc2ccc(Cl)cn12.CNC(=O)Cc1c(-c2ccc(I)cc2)nc2ccc(Cl)cn12. The zero-order valence-corrected chi connectivity index (χ0v) is 56.5. The lowest BCUT2D eigenvalue weighted by Gasteiger charge is -2.11. The molecule has 12 rings (SSSR count). The Balaban J connectivity index is 0.000000142. The van der Waals surface area contributed by atoms with Crippen LogP contribution in [-0.4, -0.2) is 113 Å². The molecule has 0 spiro atoms. The van der Waals surface area contributed by atoms with E-state index in [9.17, 15) is 28.0 Å². The molecule has 0 fully saturated rings. The Morgan fingerprint density at radius 3 is 0.856 bits per heavy atom. The zero-order chi connectivity index (χ0) is 64.5. The van der Waals surface area contributed by atoms with Crippen molar-refractivity contribution in [1.29, 1.82) is 0 Å². The van der Waals surface area contributed by atoms with E-state index in [1.807, 2.05) is 73.9 Å². The first kappa shape index (κ1) is 66.4. The molecule has 24 heteroatoms. The van der Waals surface area contributed by atoms with Gasteiger partial charge in [0.15, 0.2) is 0 Å². The summed E-state index contributed by atoms with van der Waals surface area (Å²) in [6.45, 7) is 0. The average molecular weight is 1510 g/mol. The maximum absolute atomic E-state index is 13.2. The summed E-state index contributed by atoms with van der Waals surface area (Å²) in [6, 6.07) is 42.7. The summed E-state index contributed by atoms with van der Waals surface area (Å²) >= 11 is 28.8. The minimum absolute atomic E-state index is 0.0264. The quantitative estimate of drug-likeness (QED) is 0.114. The van der Waals surface area contributed by atoms with Crippen molar-refractivity contribution in [2.24, 2.45) is 0 Å². The zero-order valence-electron chi connectivity index (χ0n) is 49.1. The first-order valence-corrected chi connectivity index (χ1v) is 31.3. The van der Waals surface area contributed by atoms with E-state index < -0.39 is 0 Å². The molecule has 0 radical (unpaired) electrons. The standard InChI is InChI=1S/C17H15ClFN3O.C17H15ClIN3O.C16H13ClFN3O.C16H13ClIN3O/c2*1-21(2)16(23)9-14-17(11-3-6-13(19)7-4-11)20-15-8-5-12(18)10-22(14)15;2*1-19-15(22)8-13-16(10-2-5-12(18)6-3-10)20-14-7-4-11(17)9-21(13)14/h2*3-8,10H,9H2,1-2H3;2*2-7,9H,8H2,1H3,(H,19,22). The number of fused-ring (bicyclic) bond motifs is 4. The van der Waals surface area contributed by atoms with E-state index >= 15 is 0 Å². The number of carbonyl (C=O) groups excluding carboxylic acids is 4. The molecule has 0 unspecified atom stereocenters. The topological polar surface area (TPSA) is 168 Å². The summed E-state index contributed by atoms with van der Waals surface area (Å²) in [4.78, 5) is 69.6. The van der Waals surface area contributed by atoms with Crippen molar-refractivity contribution in [1.82, 2.24) is 58.0 Å². The summed E-state index contributed by atoms with van der Waals surface area (Å²) in [5.74, 6) is -0.845. The van der Waals surface area contributed by atoms with Gasteiger partial charge in [-0.25, -0.2) is 28.7 Å². The molecule has 0 aliphatic carbocycles. The van der Waals surface area contributed by atoms with Crippen molar-refractivity contribution in [3.8, 4) is 45.0 Å². The van der Waals surface area contributed by atoms with Crippen LogP contribution in [0.3, 0.4) is 0 Å². The number of hydrogen-bond acceptors (Lipinski definition) is 8. The van der Waals surface area contributed by atoms with Gasteiger partial charge in [-0.15, -0.1) is 0 Å². The van der Waals surface area contributed by atoms with Gasteiger partial charge < -0.3 is 38.0 Å². The van der Waals surface area contributed by atoms with Gasteiger partial charge in [-0.1, -0.05) is 70.7 Å². The number of halogens is 8. The third kappa shape index (κ3) is 16.1. The van der Waals surface area contributed by atoms with Gasteiger partial charge in [0, 0.05) is 96.5 Å². The first-order chi connectivity index (χ1) is 43.1. The maximum Gasteiger partial charge on any atom is 0.228 e. The number of benzene rings is 4. The molecule has 12 aromatic rings. The number of carbonyl (C=O) groups is 4. The van der Waals surface area contributed by atoms with Crippen LogP contribution in [0.1, 0.15) is 22.8 Å². The molecule has 4 aromatic carbocycles. The predicted octanol–water partition coefficient (Wildman–Crippen LogP) is 13.9. The van der Waals surface area contributed by atoms with Crippen molar-refractivity contribution < 1.29 is 28.0 Å². The van der Waals surface area contributed by atoms with Crippen LogP contribution in [0.2, 0.25) is 20.1 Å². The van der Waals surface area contributed by atoms with Crippen molar-refractivity contribution in [3.63, 3.8) is 0 Å². The van der Waals surface area contributed by atoms with Gasteiger partial charge in [-0.2, -0.15) is 0 Å². The molecule has 90 heavy (non-hydrogen) atoms. The minimum Gasteiger partial charge on any atom is -0.359 e. The van der Waals surface area contributed by atoms with Crippen molar-refractivity contribution in [3.05, 3.63) is 232 Å². The summed E-state index contributed by atoms with van der Waals surface area (Å²) in [5.41, 5.74) is 12.5. The predicted molar refractivity (Wildman–Crippen MR) is 368 cm³/mol. The molecular formula is C66H56Cl4F2I2N12O4. The van der Waals surface area contributed by atoms with Crippen LogP contribution >= 0.6 is 91.6 Å². The second-order valence-electron chi connectivity index (χ2n) is 20.6.